The monoisotopic (exact) mass is 456 g/mol. The first-order valence-corrected chi connectivity index (χ1v) is 11.0. The van der Waals surface area contributed by atoms with Crippen LogP contribution in [0.15, 0.2) is 23.6 Å². The molecule has 1 saturated carbocycles. The van der Waals surface area contributed by atoms with Crippen LogP contribution in [0.25, 0.3) is 0 Å². The fourth-order valence-corrected chi connectivity index (χ4v) is 4.75. The summed E-state index contributed by atoms with van der Waals surface area (Å²) in [5.74, 6) is 0.0993. The van der Waals surface area contributed by atoms with Crippen molar-refractivity contribution in [2.45, 2.75) is 64.8 Å². The SMILES string of the molecule is CCOC(=O)C(C)(C)Oc1c(C)cc(C2CC2C(O)c2cc(C(F)(F)F)cs2)cc1C. The maximum atomic E-state index is 12.8. The average Bonchev–Trinajstić information content (AvgIpc) is 3.29. The summed E-state index contributed by atoms with van der Waals surface area (Å²) in [6.45, 7) is 9.08. The van der Waals surface area contributed by atoms with E-state index >= 15 is 0 Å². The zero-order valence-electron chi connectivity index (χ0n) is 18.2. The Bertz CT molecular complexity index is 941. The van der Waals surface area contributed by atoms with Gasteiger partial charge in [0.05, 0.1) is 18.3 Å². The molecule has 1 aromatic carbocycles. The minimum Gasteiger partial charge on any atom is -0.476 e. The van der Waals surface area contributed by atoms with E-state index < -0.39 is 29.4 Å². The quantitative estimate of drug-likeness (QED) is 0.524. The lowest BCUT2D eigenvalue weighted by molar-refractivity contribution is -0.158. The molecule has 0 saturated heterocycles. The van der Waals surface area contributed by atoms with Gasteiger partial charge in [0.1, 0.15) is 5.75 Å². The Morgan fingerprint density at radius 3 is 2.35 bits per heavy atom. The first-order valence-electron chi connectivity index (χ1n) is 10.2. The van der Waals surface area contributed by atoms with Gasteiger partial charge in [0.15, 0.2) is 5.60 Å². The number of esters is 1. The first-order chi connectivity index (χ1) is 14.3. The van der Waals surface area contributed by atoms with Gasteiger partial charge in [-0.05, 0) is 75.6 Å². The molecule has 1 aromatic heterocycles. The third-order valence-electron chi connectivity index (χ3n) is 5.52. The highest BCUT2D eigenvalue weighted by molar-refractivity contribution is 7.10. The third kappa shape index (κ3) is 5.06. The van der Waals surface area contributed by atoms with Crippen LogP contribution in [-0.4, -0.2) is 23.3 Å². The molecule has 31 heavy (non-hydrogen) atoms. The number of carbonyl (C=O) groups is 1. The number of ether oxygens (including phenoxy) is 2. The van der Waals surface area contributed by atoms with Gasteiger partial charge in [-0.1, -0.05) is 12.1 Å². The second-order valence-corrected chi connectivity index (χ2v) is 9.45. The molecule has 170 valence electrons. The van der Waals surface area contributed by atoms with Crippen molar-refractivity contribution >= 4 is 17.3 Å². The Hall–Kier alpha value is -2.06. The Kier molecular flexibility index (Phi) is 6.45. The summed E-state index contributed by atoms with van der Waals surface area (Å²) in [4.78, 5) is 12.5. The van der Waals surface area contributed by atoms with Gasteiger partial charge in [0.25, 0.3) is 0 Å². The molecule has 1 fully saturated rings. The van der Waals surface area contributed by atoms with Gasteiger partial charge in [0.2, 0.25) is 0 Å². The van der Waals surface area contributed by atoms with E-state index in [9.17, 15) is 23.1 Å². The van der Waals surface area contributed by atoms with Gasteiger partial charge in [-0.25, -0.2) is 4.79 Å². The highest BCUT2D eigenvalue weighted by Gasteiger charge is 2.45. The van der Waals surface area contributed by atoms with E-state index in [4.69, 9.17) is 9.47 Å². The Balaban J connectivity index is 1.74. The topological polar surface area (TPSA) is 55.8 Å². The summed E-state index contributed by atoms with van der Waals surface area (Å²) in [6, 6.07) is 4.95. The van der Waals surface area contributed by atoms with Crippen molar-refractivity contribution in [2.75, 3.05) is 6.61 Å². The molecule has 0 aliphatic heterocycles. The van der Waals surface area contributed by atoms with Crippen LogP contribution in [0.4, 0.5) is 13.2 Å². The molecule has 8 heteroatoms. The van der Waals surface area contributed by atoms with Crippen molar-refractivity contribution in [2.24, 2.45) is 5.92 Å². The number of aliphatic hydroxyl groups is 1. The summed E-state index contributed by atoms with van der Waals surface area (Å²) in [5.41, 5.74) is 0.848. The van der Waals surface area contributed by atoms with Gasteiger partial charge in [-0.3, -0.25) is 0 Å². The largest absolute Gasteiger partial charge is 0.476 e. The predicted molar refractivity (Wildman–Crippen MR) is 112 cm³/mol. The number of benzene rings is 1. The number of rotatable bonds is 7. The second kappa shape index (κ2) is 8.47. The van der Waals surface area contributed by atoms with E-state index in [2.05, 4.69) is 0 Å². The lowest BCUT2D eigenvalue weighted by atomic mass is 9.99. The Morgan fingerprint density at radius 1 is 1.23 bits per heavy atom. The van der Waals surface area contributed by atoms with Crippen molar-refractivity contribution in [3.05, 3.63) is 50.7 Å². The first kappa shape index (κ1) is 23.6. The molecule has 1 aliphatic carbocycles. The number of halogens is 3. The molecule has 1 aliphatic rings. The number of thiophene rings is 1. The van der Waals surface area contributed by atoms with Gasteiger partial charge in [-0.2, -0.15) is 13.2 Å². The summed E-state index contributed by atoms with van der Waals surface area (Å²) >= 11 is 0.938. The molecule has 3 unspecified atom stereocenters. The molecule has 3 atom stereocenters. The van der Waals surface area contributed by atoms with Crippen molar-refractivity contribution in [1.29, 1.82) is 0 Å². The number of carbonyl (C=O) groups excluding carboxylic acids is 1. The van der Waals surface area contributed by atoms with Gasteiger partial charge >= 0.3 is 12.1 Å². The van der Waals surface area contributed by atoms with Crippen LogP contribution in [-0.2, 0) is 15.7 Å². The third-order valence-corrected chi connectivity index (χ3v) is 6.52. The molecule has 0 spiro atoms. The van der Waals surface area contributed by atoms with E-state index in [0.29, 0.717) is 17.0 Å². The lowest BCUT2D eigenvalue weighted by Gasteiger charge is -2.26. The van der Waals surface area contributed by atoms with E-state index in [1.807, 2.05) is 26.0 Å². The summed E-state index contributed by atoms with van der Waals surface area (Å²) in [6.07, 6.45) is -4.63. The van der Waals surface area contributed by atoms with Crippen LogP contribution in [0.2, 0.25) is 0 Å². The van der Waals surface area contributed by atoms with E-state index in [1.54, 1.807) is 20.8 Å². The molecular formula is C23H27F3O4S. The van der Waals surface area contributed by atoms with Crippen molar-refractivity contribution in [3.8, 4) is 5.75 Å². The number of aliphatic hydroxyl groups excluding tert-OH is 1. The van der Waals surface area contributed by atoms with E-state index in [0.717, 1.165) is 39.5 Å². The molecule has 4 nitrogen and oxygen atoms in total. The highest BCUT2D eigenvalue weighted by Crippen LogP contribution is 2.55. The van der Waals surface area contributed by atoms with Crippen LogP contribution in [0.3, 0.4) is 0 Å². The van der Waals surface area contributed by atoms with Crippen molar-refractivity contribution in [1.82, 2.24) is 0 Å². The molecule has 3 rings (SSSR count). The number of aryl methyl sites for hydroxylation is 2. The van der Waals surface area contributed by atoms with Gasteiger partial charge in [-0.15, -0.1) is 11.3 Å². The average molecular weight is 457 g/mol. The molecular weight excluding hydrogens is 429 g/mol. The maximum Gasteiger partial charge on any atom is 0.417 e. The van der Waals surface area contributed by atoms with Crippen LogP contribution >= 0.6 is 11.3 Å². The van der Waals surface area contributed by atoms with Crippen molar-refractivity contribution in [3.63, 3.8) is 0 Å². The molecule has 0 amide bonds. The smallest absolute Gasteiger partial charge is 0.417 e. The van der Waals surface area contributed by atoms with Crippen LogP contribution < -0.4 is 4.74 Å². The Labute approximate surface area is 184 Å². The fourth-order valence-electron chi connectivity index (χ4n) is 3.77. The molecule has 1 heterocycles. The van der Waals surface area contributed by atoms with Crippen LogP contribution in [0.1, 0.15) is 66.3 Å². The number of hydrogen-bond acceptors (Lipinski definition) is 5. The minimum atomic E-state index is -4.40. The number of hydrogen-bond donors (Lipinski definition) is 1. The molecule has 0 radical (unpaired) electrons. The Morgan fingerprint density at radius 2 is 1.84 bits per heavy atom. The predicted octanol–water partition coefficient (Wildman–Crippen LogP) is 5.94. The van der Waals surface area contributed by atoms with Gasteiger partial charge < -0.3 is 14.6 Å². The number of alkyl halides is 3. The lowest BCUT2D eigenvalue weighted by Crippen LogP contribution is -2.40. The zero-order chi connectivity index (χ0) is 23.1. The molecule has 2 aromatic rings. The minimum absolute atomic E-state index is 0.0657. The standard InChI is InChI=1S/C23H27F3O4S/c1-6-29-21(28)22(4,5)30-20-12(2)7-14(8-13(20)3)16-10-17(16)19(27)18-9-15(11-31-18)23(24,25)26/h7-9,11,16-17,19,27H,6,10H2,1-5H3. The normalized spacial score (nSPS) is 19.8. The highest BCUT2D eigenvalue weighted by atomic mass is 32.1. The second-order valence-electron chi connectivity index (χ2n) is 8.50. The van der Waals surface area contributed by atoms with Gasteiger partial charge in [0, 0.05) is 10.3 Å². The van der Waals surface area contributed by atoms with Crippen LogP contribution in [0, 0.1) is 19.8 Å². The summed E-state index contributed by atoms with van der Waals surface area (Å²) < 4.78 is 49.6. The summed E-state index contributed by atoms with van der Waals surface area (Å²) in [7, 11) is 0. The summed E-state index contributed by atoms with van der Waals surface area (Å²) in [5, 5.41) is 11.6. The van der Waals surface area contributed by atoms with E-state index in [1.165, 1.54) is 0 Å². The van der Waals surface area contributed by atoms with Crippen molar-refractivity contribution < 1.29 is 32.5 Å². The van der Waals surface area contributed by atoms with E-state index in [-0.39, 0.29) is 18.4 Å². The van der Waals surface area contributed by atoms with Crippen LogP contribution in [0.5, 0.6) is 5.75 Å². The fraction of sp³-hybridized carbons (Fsp3) is 0.522. The maximum absolute atomic E-state index is 12.8. The molecule has 0 bridgehead atoms. The zero-order valence-corrected chi connectivity index (χ0v) is 19.0. The molecule has 1 N–H and O–H groups in total.